The third-order valence-electron chi connectivity index (χ3n) is 5.52. The van der Waals surface area contributed by atoms with Gasteiger partial charge in [0.25, 0.3) is 0 Å². The number of ether oxygens (including phenoxy) is 2. The smallest absolute Gasteiger partial charge is 0.343 e. The number of carbonyl (C=O) groups is 1. The van der Waals surface area contributed by atoms with Crippen LogP contribution in [-0.2, 0) is 0 Å². The molecular formula is C30H23F3O3. The molecule has 182 valence electrons. The Morgan fingerprint density at radius 2 is 1.42 bits per heavy atom. The van der Waals surface area contributed by atoms with Crippen molar-refractivity contribution >= 4 is 12.0 Å². The molecule has 3 nitrogen and oxygen atoms in total. The van der Waals surface area contributed by atoms with Crippen molar-refractivity contribution < 1.29 is 27.4 Å². The first-order chi connectivity index (χ1) is 17.4. The summed E-state index contributed by atoms with van der Waals surface area (Å²) in [6, 6.07) is 20.3. The first kappa shape index (κ1) is 24.8. The van der Waals surface area contributed by atoms with Crippen LogP contribution in [0.15, 0.2) is 84.9 Å². The fourth-order valence-electron chi connectivity index (χ4n) is 3.71. The van der Waals surface area contributed by atoms with Crippen molar-refractivity contribution in [2.45, 2.75) is 13.8 Å². The molecule has 0 bridgehead atoms. The number of esters is 1. The van der Waals surface area contributed by atoms with Gasteiger partial charge in [-0.25, -0.2) is 13.6 Å². The maximum atomic E-state index is 14.8. The van der Waals surface area contributed by atoms with Crippen LogP contribution in [0.2, 0.25) is 0 Å². The molecule has 0 aliphatic carbocycles. The van der Waals surface area contributed by atoms with Crippen molar-refractivity contribution in [1.82, 2.24) is 0 Å². The lowest BCUT2D eigenvalue weighted by Crippen LogP contribution is -2.10. The predicted molar refractivity (Wildman–Crippen MR) is 134 cm³/mol. The van der Waals surface area contributed by atoms with Crippen molar-refractivity contribution in [3.8, 4) is 33.8 Å². The van der Waals surface area contributed by atoms with E-state index in [1.165, 1.54) is 36.4 Å². The summed E-state index contributed by atoms with van der Waals surface area (Å²) in [5, 5.41) is 0. The molecular weight excluding hydrogens is 465 g/mol. The van der Waals surface area contributed by atoms with Gasteiger partial charge >= 0.3 is 5.97 Å². The van der Waals surface area contributed by atoms with Crippen LogP contribution in [0.1, 0.15) is 29.8 Å². The Balaban J connectivity index is 1.50. The standard InChI is InChI=1S/C30H23F3O3/c1-3-5-19-6-8-21(9-7-19)24-15-17-27(29(33)28(24)32)36-30(34)22-12-10-20(11-13-22)23-14-16-26(35-4-2)25(31)18-23/h3,5-18H,4H2,1-2H3. The van der Waals surface area contributed by atoms with E-state index in [1.807, 2.05) is 19.1 Å². The minimum Gasteiger partial charge on any atom is -0.491 e. The molecule has 0 spiro atoms. The van der Waals surface area contributed by atoms with Gasteiger partial charge in [0.1, 0.15) is 0 Å². The van der Waals surface area contributed by atoms with Crippen LogP contribution in [0.25, 0.3) is 28.3 Å². The quantitative estimate of drug-likeness (QED) is 0.195. The van der Waals surface area contributed by atoms with E-state index in [-0.39, 0.29) is 16.9 Å². The van der Waals surface area contributed by atoms with E-state index >= 15 is 0 Å². The Morgan fingerprint density at radius 3 is 2.06 bits per heavy atom. The van der Waals surface area contributed by atoms with Gasteiger partial charge in [0.2, 0.25) is 5.82 Å². The van der Waals surface area contributed by atoms with E-state index in [0.29, 0.717) is 23.3 Å². The summed E-state index contributed by atoms with van der Waals surface area (Å²) in [7, 11) is 0. The second-order valence-corrected chi connectivity index (χ2v) is 7.91. The molecule has 0 radical (unpaired) electrons. The number of benzene rings is 4. The zero-order valence-corrected chi connectivity index (χ0v) is 19.7. The lowest BCUT2D eigenvalue weighted by atomic mass is 10.0. The molecule has 0 unspecified atom stereocenters. The number of rotatable bonds is 7. The van der Waals surface area contributed by atoms with E-state index < -0.39 is 29.2 Å². The molecule has 4 aromatic carbocycles. The number of allylic oxidation sites excluding steroid dienone is 1. The van der Waals surface area contributed by atoms with Gasteiger partial charge in [-0.1, -0.05) is 54.6 Å². The van der Waals surface area contributed by atoms with Crippen LogP contribution < -0.4 is 9.47 Å². The molecule has 0 atom stereocenters. The lowest BCUT2D eigenvalue weighted by Gasteiger charge is -2.10. The second-order valence-electron chi connectivity index (χ2n) is 7.91. The van der Waals surface area contributed by atoms with Gasteiger partial charge in [0, 0.05) is 5.56 Å². The summed E-state index contributed by atoms with van der Waals surface area (Å²) in [6.07, 6.45) is 3.78. The number of hydrogen-bond donors (Lipinski definition) is 0. The molecule has 0 aliphatic rings. The van der Waals surface area contributed by atoms with Crippen molar-refractivity contribution in [3.05, 3.63) is 114 Å². The maximum absolute atomic E-state index is 14.8. The summed E-state index contributed by atoms with van der Waals surface area (Å²) < 4.78 is 54.0. The molecule has 4 rings (SSSR count). The monoisotopic (exact) mass is 488 g/mol. The zero-order valence-electron chi connectivity index (χ0n) is 19.7. The molecule has 0 amide bonds. The Labute approximate surface area is 207 Å². The van der Waals surface area contributed by atoms with Crippen molar-refractivity contribution in [2.24, 2.45) is 0 Å². The molecule has 36 heavy (non-hydrogen) atoms. The summed E-state index contributed by atoms with van der Waals surface area (Å²) >= 11 is 0. The molecule has 0 saturated carbocycles. The minimum atomic E-state index is -1.25. The highest BCUT2D eigenvalue weighted by Gasteiger charge is 2.19. The highest BCUT2D eigenvalue weighted by molar-refractivity contribution is 5.91. The van der Waals surface area contributed by atoms with E-state index in [2.05, 4.69) is 0 Å². The number of carbonyl (C=O) groups excluding carboxylic acids is 1. The SMILES string of the molecule is CC=Cc1ccc(-c2ccc(OC(=O)c3ccc(-c4ccc(OCC)c(F)c4)cc3)c(F)c2F)cc1. The normalized spacial score (nSPS) is 11.0. The van der Waals surface area contributed by atoms with Crippen LogP contribution in [0.4, 0.5) is 13.2 Å². The average Bonchev–Trinajstić information content (AvgIpc) is 2.89. The van der Waals surface area contributed by atoms with Crippen LogP contribution in [0.3, 0.4) is 0 Å². The molecule has 0 fully saturated rings. The molecule has 0 saturated heterocycles. The molecule has 4 aromatic rings. The number of halogens is 3. The number of hydrogen-bond acceptors (Lipinski definition) is 3. The van der Waals surface area contributed by atoms with Crippen LogP contribution in [0, 0.1) is 17.5 Å². The predicted octanol–water partition coefficient (Wildman–Crippen LogP) is 8.09. The van der Waals surface area contributed by atoms with E-state index in [0.717, 1.165) is 5.56 Å². The van der Waals surface area contributed by atoms with Crippen LogP contribution >= 0.6 is 0 Å². The largest absolute Gasteiger partial charge is 0.491 e. The van der Waals surface area contributed by atoms with Crippen molar-refractivity contribution in [3.63, 3.8) is 0 Å². The summed E-state index contributed by atoms with van der Waals surface area (Å²) in [5.41, 5.74) is 2.89. The summed E-state index contributed by atoms with van der Waals surface area (Å²) in [5.74, 6) is -4.04. The zero-order chi connectivity index (χ0) is 25.7. The fraction of sp³-hybridized carbons (Fsp3) is 0.100. The molecule has 0 aromatic heterocycles. The van der Waals surface area contributed by atoms with Gasteiger partial charge < -0.3 is 9.47 Å². The fourth-order valence-corrected chi connectivity index (χ4v) is 3.71. The van der Waals surface area contributed by atoms with Gasteiger partial charge in [-0.05, 0) is 72.5 Å². The average molecular weight is 489 g/mol. The van der Waals surface area contributed by atoms with Crippen molar-refractivity contribution in [1.29, 1.82) is 0 Å². The van der Waals surface area contributed by atoms with Gasteiger partial charge in [-0.3, -0.25) is 0 Å². The van der Waals surface area contributed by atoms with Crippen LogP contribution in [-0.4, -0.2) is 12.6 Å². The second kappa shape index (κ2) is 11.0. The topological polar surface area (TPSA) is 35.5 Å². The highest BCUT2D eigenvalue weighted by Crippen LogP contribution is 2.31. The van der Waals surface area contributed by atoms with E-state index in [4.69, 9.17) is 9.47 Å². The van der Waals surface area contributed by atoms with E-state index in [1.54, 1.807) is 49.4 Å². The Bertz CT molecular complexity index is 1410. The lowest BCUT2D eigenvalue weighted by molar-refractivity contribution is 0.0727. The highest BCUT2D eigenvalue weighted by atomic mass is 19.2. The maximum Gasteiger partial charge on any atom is 0.343 e. The van der Waals surface area contributed by atoms with E-state index in [9.17, 15) is 18.0 Å². The van der Waals surface area contributed by atoms with Crippen LogP contribution in [0.5, 0.6) is 11.5 Å². The Hall–Kier alpha value is -4.32. The van der Waals surface area contributed by atoms with Gasteiger partial charge in [-0.15, -0.1) is 0 Å². The first-order valence-corrected chi connectivity index (χ1v) is 11.4. The molecule has 0 heterocycles. The van der Waals surface area contributed by atoms with Gasteiger partial charge in [0.15, 0.2) is 23.1 Å². The summed E-state index contributed by atoms with van der Waals surface area (Å²) in [4.78, 5) is 12.6. The van der Waals surface area contributed by atoms with Gasteiger partial charge in [-0.2, -0.15) is 4.39 Å². The molecule has 0 aliphatic heterocycles. The van der Waals surface area contributed by atoms with Crippen molar-refractivity contribution in [2.75, 3.05) is 6.61 Å². The molecule has 6 heteroatoms. The Kier molecular flexibility index (Phi) is 7.54. The molecule has 0 N–H and O–H groups in total. The summed E-state index contributed by atoms with van der Waals surface area (Å²) in [6.45, 7) is 4.01. The van der Waals surface area contributed by atoms with Gasteiger partial charge in [0.05, 0.1) is 12.2 Å². The third-order valence-corrected chi connectivity index (χ3v) is 5.52. The minimum absolute atomic E-state index is 0.0614. The third kappa shape index (κ3) is 5.33. The Morgan fingerprint density at radius 1 is 0.778 bits per heavy atom. The first-order valence-electron chi connectivity index (χ1n) is 11.4.